The van der Waals surface area contributed by atoms with Crippen molar-refractivity contribution in [3.05, 3.63) is 12.4 Å². The second-order valence-corrected chi connectivity index (χ2v) is 8.93. The molecular weight excluding hydrogens is 364 g/mol. The minimum atomic E-state index is 0.206. The largest absolute Gasteiger partial charge is 0.367 e. The third-order valence-electron chi connectivity index (χ3n) is 6.40. The van der Waals surface area contributed by atoms with Crippen LogP contribution in [0.4, 0.5) is 11.6 Å². The second kappa shape index (κ2) is 10.2. The lowest BCUT2D eigenvalue weighted by molar-refractivity contribution is -0.121. The Labute approximate surface area is 174 Å². The standard InChI is InChI=1S/C22H36N6O/c29-22(23-10-14-27-11-2-1-3-12-27)9-6-18-5-4-13-28(16-18)21-15-20(24-17-25-21)26-19-7-8-19/h15,17-19H,1-14,16H2,(H,23,29)(H,24,25,26)/t18-/m1/s1. The van der Waals surface area contributed by atoms with Crippen LogP contribution in [0.2, 0.25) is 0 Å². The summed E-state index contributed by atoms with van der Waals surface area (Å²) in [5.41, 5.74) is 0. The first-order chi connectivity index (χ1) is 14.3. The molecule has 3 heterocycles. The van der Waals surface area contributed by atoms with Crippen molar-refractivity contribution in [2.75, 3.05) is 49.5 Å². The average Bonchev–Trinajstić information content (AvgIpc) is 3.57. The second-order valence-electron chi connectivity index (χ2n) is 8.93. The Morgan fingerprint density at radius 1 is 1.07 bits per heavy atom. The molecule has 1 aliphatic carbocycles. The van der Waals surface area contributed by atoms with Gasteiger partial charge in [-0.2, -0.15) is 0 Å². The number of aromatic nitrogens is 2. The van der Waals surface area contributed by atoms with E-state index in [2.05, 4.69) is 36.5 Å². The van der Waals surface area contributed by atoms with Crippen molar-refractivity contribution in [3.8, 4) is 0 Å². The number of carbonyl (C=O) groups is 1. The fourth-order valence-corrected chi connectivity index (χ4v) is 4.50. The quantitative estimate of drug-likeness (QED) is 0.664. The minimum absolute atomic E-state index is 0.206. The van der Waals surface area contributed by atoms with Crippen molar-refractivity contribution < 1.29 is 4.79 Å². The highest BCUT2D eigenvalue weighted by atomic mass is 16.1. The number of carbonyl (C=O) groups excluding carboxylic acids is 1. The summed E-state index contributed by atoms with van der Waals surface area (Å²) in [6, 6.07) is 2.67. The highest BCUT2D eigenvalue weighted by molar-refractivity contribution is 5.75. The summed E-state index contributed by atoms with van der Waals surface area (Å²) in [7, 11) is 0. The van der Waals surface area contributed by atoms with Crippen LogP contribution >= 0.6 is 0 Å². The smallest absolute Gasteiger partial charge is 0.220 e. The monoisotopic (exact) mass is 400 g/mol. The maximum absolute atomic E-state index is 12.3. The van der Waals surface area contributed by atoms with Gasteiger partial charge in [-0.05, 0) is 64.0 Å². The van der Waals surface area contributed by atoms with Gasteiger partial charge >= 0.3 is 0 Å². The summed E-state index contributed by atoms with van der Waals surface area (Å²) in [4.78, 5) is 25.9. The van der Waals surface area contributed by atoms with Crippen molar-refractivity contribution in [3.63, 3.8) is 0 Å². The molecule has 1 aromatic heterocycles. The molecule has 0 unspecified atom stereocenters. The van der Waals surface area contributed by atoms with Gasteiger partial charge in [0.1, 0.15) is 18.0 Å². The molecule has 0 spiro atoms. The van der Waals surface area contributed by atoms with E-state index in [9.17, 15) is 4.79 Å². The first-order valence-electron chi connectivity index (χ1n) is 11.6. The van der Waals surface area contributed by atoms with E-state index >= 15 is 0 Å². The topological polar surface area (TPSA) is 73.4 Å². The summed E-state index contributed by atoms with van der Waals surface area (Å²) in [6.07, 6.45) is 12.1. The molecular formula is C22H36N6O. The van der Waals surface area contributed by atoms with E-state index in [1.807, 2.05) is 0 Å². The summed E-state index contributed by atoms with van der Waals surface area (Å²) in [6.45, 7) is 6.18. The summed E-state index contributed by atoms with van der Waals surface area (Å²) < 4.78 is 0. The fourth-order valence-electron chi connectivity index (χ4n) is 4.50. The van der Waals surface area contributed by atoms with Crippen LogP contribution in [0, 0.1) is 5.92 Å². The third kappa shape index (κ3) is 6.56. The van der Waals surface area contributed by atoms with Crippen molar-refractivity contribution in [2.45, 2.75) is 63.8 Å². The van der Waals surface area contributed by atoms with E-state index in [4.69, 9.17) is 0 Å². The zero-order valence-electron chi connectivity index (χ0n) is 17.6. The molecule has 3 fully saturated rings. The Bertz CT molecular complexity index is 658. The SMILES string of the molecule is O=C(CC[C@H]1CCCN(c2cc(NC3CC3)ncn2)C1)NCCN1CCCCC1. The van der Waals surface area contributed by atoms with Crippen LogP contribution in [0.5, 0.6) is 0 Å². The molecule has 2 saturated heterocycles. The predicted molar refractivity (Wildman–Crippen MR) is 116 cm³/mol. The van der Waals surface area contributed by atoms with Crippen LogP contribution in [0.1, 0.15) is 57.8 Å². The van der Waals surface area contributed by atoms with E-state index in [1.54, 1.807) is 6.33 Å². The molecule has 1 aromatic rings. The van der Waals surface area contributed by atoms with Crippen molar-refractivity contribution >= 4 is 17.5 Å². The lowest BCUT2D eigenvalue weighted by atomic mass is 9.93. The highest BCUT2D eigenvalue weighted by Gasteiger charge is 2.24. The Kier molecular flexibility index (Phi) is 7.19. The normalized spacial score (nSPS) is 23.0. The first-order valence-corrected chi connectivity index (χ1v) is 11.6. The molecule has 0 aromatic carbocycles. The lowest BCUT2D eigenvalue weighted by Gasteiger charge is -2.33. The van der Waals surface area contributed by atoms with Gasteiger partial charge in [0.15, 0.2) is 0 Å². The molecule has 3 aliphatic rings. The number of anilines is 2. The van der Waals surface area contributed by atoms with E-state index in [1.165, 1.54) is 51.6 Å². The van der Waals surface area contributed by atoms with Crippen LogP contribution in [-0.4, -0.2) is 66.1 Å². The minimum Gasteiger partial charge on any atom is -0.367 e. The molecule has 160 valence electrons. The van der Waals surface area contributed by atoms with Crippen molar-refractivity contribution in [2.24, 2.45) is 5.92 Å². The molecule has 7 nitrogen and oxygen atoms in total. The van der Waals surface area contributed by atoms with Gasteiger partial charge in [-0.1, -0.05) is 6.42 Å². The van der Waals surface area contributed by atoms with Gasteiger partial charge in [0.05, 0.1) is 0 Å². The van der Waals surface area contributed by atoms with E-state index < -0.39 is 0 Å². The molecule has 1 atom stereocenters. The molecule has 1 saturated carbocycles. The van der Waals surface area contributed by atoms with Gasteiger partial charge in [0.25, 0.3) is 0 Å². The molecule has 29 heavy (non-hydrogen) atoms. The number of piperidine rings is 2. The molecule has 2 aliphatic heterocycles. The molecule has 0 bridgehead atoms. The number of amides is 1. The molecule has 0 radical (unpaired) electrons. The number of hydrogen-bond acceptors (Lipinski definition) is 6. The average molecular weight is 401 g/mol. The van der Waals surface area contributed by atoms with Gasteiger partial charge in [-0.15, -0.1) is 0 Å². The summed E-state index contributed by atoms with van der Waals surface area (Å²) in [5, 5.41) is 6.58. The molecule has 1 amide bonds. The zero-order chi connectivity index (χ0) is 19.9. The number of likely N-dealkylation sites (tertiary alicyclic amines) is 1. The number of hydrogen-bond donors (Lipinski definition) is 2. The van der Waals surface area contributed by atoms with Gasteiger partial charge in [0.2, 0.25) is 5.91 Å². The maximum atomic E-state index is 12.3. The van der Waals surface area contributed by atoms with Crippen LogP contribution in [0.15, 0.2) is 12.4 Å². The van der Waals surface area contributed by atoms with Gasteiger partial charge in [-0.25, -0.2) is 9.97 Å². The Morgan fingerprint density at radius 3 is 2.76 bits per heavy atom. The van der Waals surface area contributed by atoms with Crippen LogP contribution in [0.3, 0.4) is 0 Å². The first kappa shape index (κ1) is 20.4. The van der Waals surface area contributed by atoms with Crippen molar-refractivity contribution in [1.29, 1.82) is 0 Å². The fraction of sp³-hybridized carbons (Fsp3) is 0.773. The van der Waals surface area contributed by atoms with Crippen molar-refractivity contribution in [1.82, 2.24) is 20.2 Å². The Balaban J connectivity index is 1.17. The number of nitrogens with zero attached hydrogens (tertiary/aromatic N) is 4. The molecule has 7 heteroatoms. The molecule has 2 N–H and O–H groups in total. The Hall–Kier alpha value is -1.89. The van der Waals surface area contributed by atoms with Gasteiger partial charge < -0.3 is 20.4 Å². The number of rotatable bonds is 9. The van der Waals surface area contributed by atoms with Crippen LogP contribution in [0.25, 0.3) is 0 Å². The Morgan fingerprint density at radius 2 is 1.93 bits per heavy atom. The molecule has 4 rings (SSSR count). The zero-order valence-corrected chi connectivity index (χ0v) is 17.6. The predicted octanol–water partition coefficient (Wildman–Crippen LogP) is 2.65. The van der Waals surface area contributed by atoms with Gasteiger partial charge in [0, 0.05) is 44.7 Å². The van der Waals surface area contributed by atoms with E-state index in [0.717, 1.165) is 50.7 Å². The van der Waals surface area contributed by atoms with Crippen LogP contribution in [-0.2, 0) is 4.79 Å². The third-order valence-corrected chi connectivity index (χ3v) is 6.40. The lowest BCUT2D eigenvalue weighted by Crippen LogP contribution is -2.38. The highest BCUT2D eigenvalue weighted by Crippen LogP contribution is 2.27. The summed E-state index contributed by atoms with van der Waals surface area (Å²) >= 11 is 0. The van der Waals surface area contributed by atoms with E-state index in [0.29, 0.717) is 18.4 Å². The maximum Gasteiger partial charge on any atom is 0.220 e. The van der Waals surface area contributed by atoms with Gasteiger partial charge in [-0.3, -0.25) is 4.79 Å². The number of nitrogens with one attached hydrogen (secondary N) is 2. The van der Waals surface area contributed by atoms with E-state index in [-0.39, 0.29) is 5.91 Å². The van der Waals surface area contributed by atoms with Crippen LogP contribution < -0.4 is 15.5 Å². The summed E-state index contributed by atoms with van der Waals surface area (Å²) in [5.74, 6) is 2.72.